The highest BCUT2D eigenvalue weighted by Gasteiger charge is 1.97. The zero-order chi connectivity index (χ0) is 7.40. The van der Waals surface area contributed by atoms with Gasteiger partial charge in [-0.05, 0) is 6.07 Å². The molecular weight excluding hydrogens is 128 g/mol. The van der Waals surface area contributed by atoms with Crippen LogP contribution in [0.5, 0.6) is 0 Å². The zero-order valence-corrected chi connectivity index (χ0v) is 5.50. The van der Waals surface area contributed by atoms with Crippen molar-refractivity contribution in [2.75, 3.05) is 12.4 Å². The minimum Gasteiger partial charge on any atom is -0.371 e. The van der Waals surface area contributed by atoms with Crippen LogP contribution in [0.25, 0.3) is 0 Å². The van der Waals surface area contributed by atoms with Crippen molar-refractivity contribution < 1.29 is 0 Å². The van der Waals surface area contributed by atoms with Crippen molar-refractivity contribution in [1.29, 1.82) is 5.26 Å². The standard InChI is InChI=1S/C6H6N4/c1-8-6-5(4-7)2-3-9-10-6/h2-3H,1H3,(H,8,10). The summed E-state index contributed by atoms with van der Waals surface area (Å²) in [5.74, 6) is 0.519. The van der Waals surface area contributed by atoms with Gasteiger partial charge in [-0.25, -0.2) is 0 Å². The van der Waals surface area contributed by atoms with Crippen LogP contribution < -0.4 is 5.32 Å². The van der Waals surface area contributed by atoms with Crippen LogP contribution in [-0.4, -0.2) is 17.2 Å². The summed E-state index contributed by atoms with van der Waals surface area (Å²) < 4.78 is 0. The van der Waals surface area contributed by atoms with E-state index in [1.807, 2.05) is 6.07 Å². The minimum absolute atomic E-state index is 0.512. The Morgan fingerprint density at radius 3 is 3.00 bits per heavy atom. The Balaban J connectivity index is 3.12. The van der Waals surface area contributed by atoms with Crippen LogP contribution >= 0.6 is 0 Å². The van der Waals surface area contributed by atoms with Gasteiger partial charge in [0.2, 0.25) is 0 Å². The maximum Gasteiger partial charge on any atom is 0.166 e. The number of nitrogens with one attached hydrogen (secondary N) is 1. The third-order valence-corrected chi connectivity index (χ3v) is 1.08. The molecule has 0 aromatic carbocycles. The Morgan fingerprint density at radius 2 is 2.50 bits per heavy atom. The van der Waals surface area contributed by atoms with E-state index in [2.05, 4.69) is 15.5 Å². The quantitative estimate of drug-likeness (QED) is 0.603. The fourth-order valence-corrected chi connectivity index (χ4v) is 0.607. The Morgan fingerprint density at radius 1 is 1.70 bits per heavy atom. The van der Waals surface area contributed by atoms with Gasteiger partial charge in [-0.1, -0.05) is 0 Å². The summed E-state index contributed by atoms with van der Waals surface area (Å²) in [6.45, 7) is 0. The van der Waals surface area contributed by atoms with E-state index in [1.165, 1.54) is 6.20 Å². The monoisotopic (exact) mass is 134 g/mol. The average Bonchev–Trinajstić information content (AvgIpc) is 2.04. The molecule has 0 spiro atoms. The third kappa shape index (κ3) is 1.03. The Kier molecular flexibility index (Phi) is 1.80. The number of nitrogens with zero attached hydrogens (tertiary/aromatic N) is 3. The second-order valence-electron chi connectivity index (χ2n) is 1.66. The molecule has 0 aliphatic heterocycles. The Labute approximate surface area is 58.5 Å². The molecule has 1 rings (SSSR count). The lowest BCUT2D eigenvalue weighted by Crippen LogP contribution is -1.96. The molecule has 1 aromatic rings. The third-order valence-electron chi connectivity index (χ3n) is 1.08. The molecule has 0 fully saturated rings. The average molecular weight is 134 g/mol. The van der Waals surface area contributed by atoms with Crippen molar-refractivity contribution in [2.24, 2.45) is 0 Å². The van der Waals surface area contributed by atoms with Gasteiger partial charge < -0.3 is 5.32 Å². The summed E-state index contributed by atoms with van der Waals surface area (Å²) in [4.78, 5) is 0. The van der Waals surface area contributed by atoms with Crippen LogP contribution in [0.4, 0.5) is 5.82 Å². The lowest BCUT2D eigenvalue weighted by atomic mass is 10.3. The molecule has 1 N–H and O–H groups in total. The van der Waals surface area contributed by atoms with E-state index in [0.717, 1.165) is 0 Å². The van der Waals surface area contributed by atoms with Crippen molar-refractivity contribution in [2.45, 2.75) is 0 Å². The first-order valence-corrected chi connectivity index (χ1v) is 2.78. The van der Waals surface area contributed by atoms with Crippen LogP contribution in [0.2, 0.25) is 0 Å². The van der Waals surface area contributed by atoms with E-state index in [0.29, 0.717) is 11.4 Å². The van der Waals surface area contributed by atoms with E-state index in [-0.39, 0.29) is 0 Å². The Bertz CT molecular complexity index is 263. The second kappa shape index (κ2) is 2.78. The van der Waals surface area contributed by atoms with Gasteiger partial charge in [0.1, 0.15) is 6.07 Å². The molecule has 0 bridgehead atoms. The number of nitriles is 1. The van der Waals surface area contributed by atoms with Crippen molar-refractivity contribution in [3.05, 3.63) is 17.8 Å². The first-order chi connectivity index (χ1) is 4.88. The van der Waals surface area contributed by atoms with Crippen LogP contribution in [-0.2, 0) is 0 Å². The fourth-order valence-electron chi connectivity index (χ4n) is 0.607. The minimum atomic E-state index is 0.512. The van der Waals surface area contributed by atoms with Crippen molar-refractivity contribution in [3.63, 3.8) is 0 Å². The lowest BCUT2D eigenvalue weighted by Gasteiger charge is -1.96. The molecule has 10 heavy (non-hydrogen) atoms. The molecule has 4 nitrogen and oxygen atoms in total. The molecule has 0 aliphatic carbocycles. The summed E-state index contributed by atoms with van der Waals surface area (Å²) >= 11 is 0. The van der Waals surface area contributed by atoms with Crippen molar-refractivity contribution in [3.8, 4) is 6.07 Å². The first-order valence-electron chi connectivity index (χ1n) is 2.78. The molecule has 1 heterocycles. The Hall–Kier alpha value is -1.63. The van der Waals surface area contributed by atoms with Gasteiger partial charge in [-0.2, -0.15) is 10.4 Å². The number of anilines is 1. The van der Waals surface area contributed by atoms with Gasteiger partial charge in [-0.15, -0.1) is 5.10 Å². The van der Waals surface area contributed by atoms with Crippen molar-refractivity contribution >= 4 is 5.82 Å². The van der Waals surface area contributed by atoms with Gasteiger partial charge >= 0.3 is 0 Å². The van der Waals surface area contributed by atoms with Crippen molar-refractivity contribution in [1.82, 2.24) is 10.2 Å². The summed E-state index contributed by atoms with van der Waals surface area (Å²) in [6.07, 6.45) is 1.49. The smallest absolute Gasteiger partial charge is 0.166 e. The summed E-state index contributed by atoms with van der Waals surface area (Å²) in [5, 5.41) is 18.5. The predicted molar refractivity (Wildman–Crippen MR) is 36.3 cm³/mol. The van der Waals surface area contributed by atoms with Gasteiger partial charge in [0.15, 0.2) is 5.82 Å². The normalized spacial score (nSPS) is 8.40. The van der Waals surface area contributed by atoms with Crippen LogP contribution in [0.1, 0.15) is 5.56 Å². The molecule has 0 saturated heterocycles. The van der Waals surface area contributed by atoms with Gasteiger partial charge in [0, 0.05) is 7.05 Å². The zero-order valence-electron chi connectivity index (χ0n) is 5.50. The number of hydrogen-bond donors (Lipinski definition) is 1. The molecule has 0 radical (unpaired) electrons. The maximum absolute atomic E-state index is 8.49. The number of hydrogen-bond acceptors (Lipinski definition) is 4. The lowest BCUT2D eigenvalue weighted by molar-refractivity contribution is 1.02. The SMILES string of the molecule is CNc1nnccc1C#N. The summed E-state index contributed by atoms with van der Waals surface area (Å²) in [7, 11) is 1.70. The van der Waals surface area contributed by atoms with E-state index < -0.39 is 0 Å². The molecule has 4 heteroatoms. The molecular formula is C6H6N4. The van der Waals surface area contributed by atoms with Crippen LogP contribution in [0, 0.1) is 11.3 Å². The van der Waals surface area contributed by atoms with Gasteiger partial charge in [-0.3, -0.25) is 0 Å². The van der Waals surface area contributed by atoms with E-state index in [9.17, 15) is 0 Å². The topological polar surface area (TPSA) is 61.6 Å². The highest BCUT2D eigenvalue weighted by Crippen LogP contribution is 2.05. The number of aromatic nitrogens is 2. The molecule has 0 unspecified atom stereocenters. The van der Waals surface area contributed by atoms with Crippen LogP contribution in [0.15, 0.2) is 12.3 Å². The highest BCUT2D eigenvalue weighted by molar-refractivity contribution is 5.49. The van der Waals surface area contributed by atoms with E-state index in [4.69, 9.17) is 5.26 Å². The molecule has 1 aromatic heterocycles. The van der Waals surface area contributed by atoms with Crippen LogP contribution in [0.3, 0.4) is 0 Å². The second-order valence-corrected chi connectivity index (χ2v) is 1.66. The summed E-state index contributed by atoms with van der Waals surface area (Å²) in [5.41, 5.74) is 0.512. The van der Waals surface area contributed by atoms with E-state index >= 15 is 0 Å². The molecule has 0 aliphatic rings. The highest BCUT2D eigenvalue weighted by atomic mass is 15.2. The van der Waals surface area contributed by atoms with E-state index in [1.54, 1.807) is 13.1 Å². The molecule has 0 amide bonds. The number of rotatable bonds is 1. The molecule has 0 atom stereocenters. The summed E-state index contributed by atoms with van der Waals surface area (Å²) in [6, 6.07) is 3.59. The molecule has 50 valence electrons. The largest absolute Gasteiger partial charge is 0.371 e. The van der Waals surface area contributed by atoms with Gasteiger partial charge in [0.05, 0.1) is 11.8 Å². The maximum atomic E-state index is 8.49. The van der Waals surface area contributed by atoms with Gasteiger partial charge in [0.25, 0.3) is 0 Å². The first kappa shape index (κ1) is 6.49. The molecule has 0 saturated carbocycles. The predicted octanol–water partition coefficient (Wildman–Crippen LogP) is 0.390. The fraction of sp³-hybridized carbons (Fsp3) is 0.167.